The number of carbonyl (C=O) groups is 1. The number of methoxy groups -OCH3 is 1. The number of aryl methyl sites for hydroxylation is 2. The van der Waals surface area contributed by atoms with Crippen molar-refractivity contribution in [2.45, 2.75) is 13.8 Å². The topological polar surface area (TPSA) is 49.8 Å². The Bertz CT molecular complexity index is 906. The van der Waals surface area contributed by atoms with Crippen LogP contribution in [0.4, 0.5) is 5.69 Å². The summed E-state index contributed by atoms with van der Waals surface area (Å²) in [7, 11) is 1.48. The lowest BCUT2D eigenvalue weighted by molar-refractivity contribution is -0.113. The minimum atomic E-state index is -0.143. The normalized spacial score (nSPS) is 16.0. The second-order valence-corrected chi connectivity index (χ2v) is 7.41. The van der Waals surface area contributed by atoms with E-state index in [1.165, 1.54) is 24.9 Å². The van der Waals surface area contributed by atoms with Gasteiger partial charge >= 0.3 is 0 Å². The number of phenolic OH excluding ortho intramolecular Hbond substituents is 1. The van der Waals surface area contributed by atoms with E-state index in [9.17, 15) is 9.90 Å². The molecule has 1 heterocycles. The molecule has 0 aromatic heterocycles. The Balaban J connectivity index is 1.97. The lowest BCUT2D eigenvalue weighted by atomic mass is 10.1. The lowest BCUT2D eigenvalue weighted by Crippen LogP contribution is -2.28. The average molecular weight is 371 g/mol. The maximum absolute atomic E-state index is 12.9. The highest BCUT2D eigenvalue weighted by molar-refractivity contribution is 8.27. The largest absolute Gasteiger partial charge is 0.504 e. The van der Waals surface area contributed by atoms with Crippen LogP contribution >= 0.6 is 24.0 Å². The van der Waals surface area contributed by atoms with Gasteiger partial charge in [-0.1, -0.05) is 42.2 Å². The molecule has 1 saturated heterocycles. The summed E-state index contributed by atoms with van der Waals surface area (Å²) in [5.41, 5.74) is 3.64. The third kappa shape index (κ3) is 3.41. The summed E-state index contributed by atoms with van der Waals surface area (Å²) in [6, 6.07) is 10.9. The number of carbonyl (C=O) groups excluding carboxylic acids is 1. The van der Waals surface area contributed by atoms with E-state index in [4.69, 9.17) is 17.0 Å². The first kappa shape index (κ1) is 17.5. The molecule has 0 spiro atoms. The molecule has 0 saturated carbocycles. The number of phenols is 1. The van der Waals surface area contributed by atoms with Crippen LogP contribution in [-0.2, 0) is 4.79 Å². The minimum Gasteiger partial charge on any atom is -0.504 e. The summed E-state index contributed by atoms with van der Waals surface area (Å²) in [4.78, 5) is 15.0. The van der Waals surface area contributed by atoms with Crippen molar-refractivity contribution in [3.05, 3.63) is 58.0 Å². The van der Waals surface area contributed by atoms with Gasteiger partial charge in [0.2, 0.25) is 0 Å². The standard InChI is InChI=1S/C19H17NO3S2/c1-11-4-5-12(2)14(8-11)20-18(22)17(25-19(20)24)10-13-6-7-15(21)16(9-13)23-3/h4-10,21H,1-3H3. The van der Waals surface area contributed by atoms with Crippen molar-refractivity contribution in [1.82, 2.24) is 0 Å². The number of hydrogen-bond acceptors (Lipinski definition) is 5. The second kappa shape index (κ2) is 6.90. The van der Waals surface area contributed by atoms with Crippen molar-refractivity contribution >= 4 is 46.0 Å². The van der Waals surface area contributed by atoms with E-state index in [2.05, 4.69) is 0 Å². The van der Waals surface area contributed by atoms with Crippen LogP contribution in [0.25, 0.3) is 6.08 Å². The molecule has 3 rings (SSSR count). The highest BCUT2D eigenvalue weighted by atomic mass is 32.2. The van der Waals surface area contributed by atoms with E-state index in [1.807, 2.05) is 32.0 Å². The fourth-order valence-electron chi connectivity index (χ4n) is 2.57. The predicted molar refractivity (Wildman–Crippen MR) is 106 cm³/mol. The fraction of sp³-hybridized carbons (Fsp3) is 0.158. The Morgan fingerprint density at radius 1 is 1.20 bits per heavy atom. The molecule has 1 aliphatic rings. The van der Waals surface area contributed by atoms with Crippen molar-refractivity contribution in [1.29, 1.82) is 0 Å². The quantitative estimate of drug-likeness (QED) is 0.639. The molecule has 1 N–H and O–H groups in total. The van der Waals surface area contributed by atoms with E-state index < -0.39 is 0 Å². The third-order valence-electron chi connectivity index (χ3n) is 3.90. The van der Waals surface area contributed by atoms with Crippen molar-refractivity contribution < 1.29 is 14.6 Å². The maximum Gasteiger partial charge on any atom is 0.270 e. The molecule has 25 heavy (non-hydrogen) atoms. The SMILES string of the molecule is COc1cc(C=C2SC(=S)N(c3cc(C)ccc3C)C2=O)ccc1O. The molecule has 1 fully saturated rings. The summed E-state index contributed by atoms with van der Waals surface area (Å²) in [6.45, 7) is 3.95. The van der Waals surface area contributed by atoms with Gasteiger partial charge in [-0.2, -0.15) is 0 Å². The van der Waals surface area contributed by atoms with Gasteiger partial charge in [-0.3, -0.25) is 9.69 Å². The van der Waals surface area contributed by atoms with Gasteiger partial charge in [0.25, 0.3) is 5.91 Å². The molecule has 4 nitrogen and oxygen atoms in total. The first-order valence-corrected chi connectivity index (χ1v) is 8.85. The molecule has 1 aliphatic heterocycles. The summed E-state index contributed by atoms with van der Waals surface area (Å²) >= 11 is 6.70. The first-order valence-electron chi connectivity index (χ1n) is 7.63. The Kier molecular flexibility index (Phi) is 4.83. The molecule has 1 amide bonds. The fourth-order valence-corrected chi connectivity index (χ4v) is 3.86. The van der Waals surface area contributed by atoms with E-state index in [-0.39, 0.29) is 11.7 Å². The number of thioether (sulfide) groups is 1. The number of amides is 1. The van der Waals surface area contributed by atoms with Gasteiger partial charge in [-0.05, 0) is 54.8 Å². The lowest BCUT2D eigenvalue weighted by Gasteiger charge is -2.17. The van der Waals surface area contributed by atoms with E-state index >= 15 is 0 Å². The van der Waals surface area contributed by atoms with Crippen LogP contribution in [0.15, 0.2) is 41.3 Å². The molecule has 2 aromatic rings. The van der Waals surface area contributed by atoms with Gasteiger partial charge < -0.3 is 9.84 Å². The Hall–Kier alpha value is -2.31. The van der Waals surface area contributed by atoms with Gasteiger partial charge in [0.05, 0.1) is 17.7 Å². The zero-order chi connectivity index (χ0) is 18.1. The number of ether oxygens (including phenoxy) is 1. The number of benzene rings is 2. The van der Waals surface area contributed by atoms with Crippen molar-refractivity contribution in [2.75, 3.05) is 12.0 Å². The Morgan fingerprint density at radius 3 is 2.68 bits per heavy atom. The van der Waals surface area contributed by atoms with E-state index in [1.54, 1.807) is 23.1 Å². The highest BCUT2D eigenvalue weighted by Gasteiger charge is 2.34. The average Bonchev–Trinajstić information content (AvgIpc) is 2.85. The van der Waals surface area contributed by atoms with Gasteiger partial charge in [0, 0.05) is 0 Å². The van der Waals surface area contributed by atoms with Crippen LogP contribution in [0.5, 0.6) is 11.5 Å². The van der Waals surface area contributed by atoms with Crippen LogP contribution < -0.4 is 9.64 Å². The number of anilines is 1. The second-order valence-electron chi connectivity index (χ2n) is 5.74. The number of aromatic hydroxyl groups is 1. The maximum atomic E-state index is 12.9. The first-order chi connectivity index (χ1) is 11.9. The molecular weight excluding hydrogens is 354 g/mol. The highest BCUT2D eigenvalue weighted by Crippen LogP contribution is 2.38. The van der Waals surface area contributed by atoms with Gasteiger partial charge in [0.15, 0.2) is 15.8 Å². The number of hydrogen-bond donors (Lipinski definition) is 1. The minimum absolute atomic E-state index is 0.0579. The number of thiocarbonyl (C=S) groups is 1. The monoisotopic (exact) mass is 371 g/mol. The summed E-state index contributed by atoms with van der Waals surface area (Å²) in [5, 5.41) is 9.69. The predicted octanol–water partition coefficient (Wildman–Crippen LogP) is 4.42. The number of rotatable bonds is 3. The molecule has 6 heteroatoms. The molecular formula is C19H17NO3S2. The smallest absolute Gasteiger partial charge is 0.270 e. The molecule has 0 aliphatic carbocycles. The van der Waals surface area contributed by atoms with Gasteiger partial charge in [-0.25, -0.2) is 0 Å². The van der Waals surface area contributed by atoms with Crippen LogP contribution in [0.3, 0.4) is 0 Å². The summed E-state index contributed by atoms with van der Waals surface area (Å²) in [5.74, 6) is 0.275. The molecule has 0 unspecified atom stereocenters. The van der Waals surface area contributed by atoms with Crippen molar-refractivity contribution in [3.8, 4) is 11.5 Å². The summed E-state index contributed by atoms with van der Waals surface area (Å²) < 4.78 is 5.62. The number of nitrogens with zero attached hydrogens (tertiary/aromatic N) is 1. The zero-order valence-corrected chi connectivity index (χ0v) is 15.7. The van der Waals surface area contributed by atoms with Crippen molar-refractivity contribution in [3.63, 3.8) is 0 Å². The molecule has 0 atom stereocenters. The van der Waals surface area contributed by atoms with Crippen LogP contribution in [0, 0.1) is 13.8 Å². The molecule has 0 radical (unpaired) electrons. The summed E-state index contributed by atoms with van der Waals surface area (Å²) in [6.07, 6.45) is 1.76. The Morgan fingerprint density at radius 2 is 1.96 bits per heavy atom. The molecule has 128 valence electrons. The van der Waals surface area contributed by atoms with Gasteiger partial charge in [0.1, 0.15) is 0 Å². The molecule has 0 bridgehead atoms. The zero-order valence-electron chi connectivity index (χ0n) is 14.1. The third-order valence-corrected chi connectivity index (χ3v) is 5.20. The van der Waals surface area contributed by atoms with Crippen molar-refractivity contribution in [2.24, 2.45) is 0 Å². The molecule has 2 aromatic carbocycles. The van der Waals surface area contributed by atoms with Crippen LogP contribution in [0.1, 0.15) is 16.7 Å². The van der Waals surface area contributed by atoms with E-state index in [0.29, 0.717) is 15.0 Å². The van der Waals surface area contributed by atoms with Crippen LogP contribution in [0.2, 0.25) is 0 Å². The Labute approximate surface area is 156 Å². The van der Waals surface area contributed by atoms with Gasteiger partial charge in [-0.15, -0.1) is 0 Å². The van der Waals surface area contributed by atoms with Crippen LogP contribution in [-0.4, -0.2) is 22.4 Å². The van der Waals surface area contributed by atoms with E-state index in [0.717, 1.165) is 22.4 Å².